The molecule has 0 atom stereocenters. The molecule has 16 heavy (non-hydrogen) atoms. The van der Waals surface area contributed by atoms with Crippen LogP contribution in [-0.4, -0.2) is 20.6 Å². The van der Waals surface area contributed by atoms with E-state index < -0.39 is 5.97 Å². The summed E-state index contributed by atoms with van der Waals surface area (Å²) in [5, 5.41) is 8.84. The van der Waals surface area contributed by atoms with Gasteiger partial charge in [-0.2, -0.15) is 0 Å². The second-order valence-corrected chi connectivity index (χ2v) is 4.15. The van der Waals surface area contributed by atoms with Crippen molar-refractivity contribution in [1.29, 1.82) is 0 Å². The number of aromatic carboxylic acids is 1. The number of hydrogen-bond acceptors (Lipinski definition) is 2. The van der Waals surface area contributed by atoms with Crippen LogP contribution >= 0.6 is 15.9 Å². The van der Waals surface area contributed by atoms with Crippen molar-refractivity contribution in [2.45, 2.75) is 6.54 Å². The minimum absolute atomic E-state index is 0.279. The third-order valence-corrected chi connectivity index (χ3v) is 2.88. The summed E-state index contributed by atoms with van der Waals surface area (Å²) in [5.74, 6) is -0.922. The number of carbonyl (C=O) groups is 1. The third kappa shape index (κ3) is 2.30. The maximum Gasteiger partial charge on any atom is 0.337 e. The Kier molecular flexibility index (Phi) is 3.05. The van der Waals surface area contributed by atoms with Gasteiger partial charge in [0, 0.05) is 25.1 Å². The Morgan fingerprint density at radius 1 is 1.44 bits per heavy atom. The van der Waals surface area contributed by atoms with Crippen LogP contribution in [0, 0.1) is 0 Å². The van der Waals surface area contributed by atoms with Crippen LogP contribution in [0.15, 0.2) is 41.4 Å². The molecule has 1 N–H and O–H groups in total. The van der Waals surface area contributed by atoms with Gasteiger partial charge in [-0.1, -0.05) is 0 Å². The first kappa shape index (κ1) is 10.9. The van der Waals surface area contributed by atoms with E-state index in [4.69, 9.17) is 5.11 Å². The number of hydrogen-bond donors (Lipinski definition) is 1. The zero-order chi connectivity index (χ0) is 11.5. The molecule has 0 unspecified atom stereocenters. The fourth-order valence-corrected chi connectivity index (χ4v) is 1.88. The van der Waals surface area contributed by atoms with Gasteiger partial charge in [-0.25, -0.2) is 4.79 Å². The molecule has 2 rings (SSSR count). The zero-order valence-corrected chi connectivity index (χ0v) is 9.89. The maximum atomic E-state index is 10.8. The summed E-state index contributed by atoms with van der Waals surface area (Å²) in [4.78, 5) is 14.7. The van der Waals surface area contributed by atoms with Gasteiger partial charge in [-0.3, -0.25) is 4.98 Å². The fourth-order valence-electron chi connectivity index (χ4n) is 1.40. The van der Waals surface area contributed by atoms with Crippen molar-refractivity contribution < 1.29 is 9.90 Å². The molecule has 0 fully saturated rings. The maximum absolute atomic E-state index is 10.8. The van der Waals surface area contributed by atoms with Gasteiger partial charge in [0.1, 0.15) is 0 Å². The molecule has 0 aliphatic rings. The number of nitrogens with zero attached hydrogens (tertiary/aromatic N) is 2. The molecule has 82 valence electrons. The lowest BCUT2D eigenvalue weighted by molar-refractivity contribution is 0.0697. The predicted molar refractivity (Wildman–Crippen MR) is 62.4 cm³/mol. The Morgan fingerprint density at radius 3 is 2.69 bits per heavy atom. The Labute approximate surface area is 101 Å². The lowest BCUT2D eigenvalue weighted by Gasteiger charge is -2.04. The molecule has 2 aromatic rings. The van der Waals surface area contributed by atoms with Crippen molar-refractivity contribution >= 4 is 21.9 Å². The second-order valence-electron chi connectivity index (χ2n) is 3.34. The van der Waals surface area contributed by atoms with Crippen LogP contribution < -0.4 is 0 Å². The number of carboxylic acid groups (broad SMARTS) is 1. The topological polar surface area (TPSA) is 55.1 Å². The van der Waals surface area contributed by atoms with Crippen molar-refractivity contribution in [2.75, 3.05) is 0 Å². The molecular weight excluding hydrogens is 272 g/mol. The third-order valence-electron chi connectivity index (χ3n) is 2.19. The Balaban J connectivity index is 2.25. The summed E-state index contributed by atoms with van der Waals surface area (Å²) in [6.07, 6.45) is 5.03. The van der Waals surface area contributed by atoms with E-state index >= 15 is 0 Å². The SMILES string of the molecule is O=C(O)c1cc(Br)n(Cc2ccncc2)c1. The summed E-state index contributed by atoms with van der Waals surface area (Å²) in [6.45, 7) is 0.621. The molecule has 2 heterocycles. The van der Waals surface area contributed by atoms with E-state index in [0.29, 0.717) is 6.54 Å². The van der Waals surface area contributed by atoms with Crippen molar-refractivity contribution in [3.8, 4) is 0 Å². The molecule has 0 aliphatic heterocycles. The summed E-state index contributed by atoms with van der Waals surface area (Å²) in [7, 11) is 0. The van der Waals surface area contributed by atoms with E-state index in [2.05, 4.69) is 20.9 Å². The molecule has 4 nitrogen and oxygen atoms in total. The summed E-state index contributed by atoms with van der Waals surface area (Å²) < 4.78 is 2.58. The summed E-state index contributed by atoms with van der Waals surface area (Å²) in [6, 6.07) is 5.38. The highest BCUT2D eigenvalue weighted by Crippen LogP contribution is 2.17. The van der Waals surface area contributed by atoms with Gasteiger partial charge >= 0.3 is 5.97 Å². The van der Waals surface area contributed by atoms with E-state index in [1.165, 1.54) is 0 Å². The zero-order valence-electron chi connectivity index (χ0n) is 8.30. The largest absolute Gasteiger partial charge is 0.478 e. The number of halogens is 1. The first-order chi connectivity index (χ1) is 7.66. The minimum Gasteiger partial charge on any atom is -0.478 e. The van der Waals surface area contributed by atoms with Crippen LogP contribution in [0.1, 0.15) is 15.9 Å². The summed E-state index contributed by atoms with van der Waals surface area (Å²) in [5.41, 5.74) is 1.35. The van der Waals surface area contributed by atoms with Gasteiger partial charge in [0.05, 0.1) is 10.2 Å². The van der Waals surface area contributed by atoms with Crippen molar-refractivity contribution in [2.24, 2.45) is 0 Å². The van der Waals surface area contributed by atoms with E-state index in [0.717, 1.165) is 10.2 Å². The van der Waals surface area contributed by atoms with Crippen LogP contribution in [0.4, 0.5) is 0 Å². The molecule has 0 spiro atoms. The average Bonchev–Trinajstić information content (AvgIpc) is 2.62. The quantitative estimate of drug-likeness (QED) is 0.939. The molecule has 0 saturated carbocycles. The molecule has 0 amide bonds. The minimum atomic E-state index is -0.922. The van der Waals surface area contributed by atoms with Gasteiger partial charge in [-0.15, -0.1) is 0 Å². The van der Waals surface area contributed by atoms with Crippen LogP contribution in [-0.2, 0) is 6.54 Å². The van der Waals surface area contributed by atoms with Crippen LogP contribution in [0.3, 0.4) is 0 Å². The normalized spacial score (nSPS) is 10.3. The van der Waals surface area contributed by atoms with Gasteiger partial charge < -0.3 is 9.67 Å². The Hall–Kier alpha value is -1.62. The van der Waals surface area contributed by atoms with Crippen molar-refractivity contribution in [1.82, 2.24) is 9.55 Å². The lowest BCUT2D eigenvalue weighted by atomic mass is 10.3. The molecule has 0 aliphatic carbocycles. The molecule has 5 heteroatoms. The van der Waals surface area contributed by atoms with E-state index in [1.54, 1.807) is 24.7 Å². The first-order valence-electron chi connectivity index (χ1n) is 4.64. The molecule has 0 bridgehead atoms. The predicted octanol–water partition coefficient (Wildman–Crippen LogP) is 2.39. The van der Waals surface area contributed by atoms with Crippen LogP contribution in [0.25, 0.3) is 0 Å². The van der Waals surface area contributed by atoms with Crippen LogP contribution in [0.5, 0.6) is 0 Å². The summed E-state index contributed by atoms with van der Waals surface area (Å²) >= 11 is 3.33. The smallest absolute Gasteiger partial charge is 0.337 e. The van der Waals surface area contributed by atoms with E-state index in [9.17, 15) is 4.79 Å². The van der Waals surface area contributed by atoms with Crippen molar-refractivity contribution in [3.63, 3.8) is 0 Å². The first-order valence-corrected chi connectivity index (χ1v) is 5.44. The number of rotatable bonds is 3. The monoisotopic (exact) mass is 280 g/mol. The second kappa shape index (κ2) is 4.49. The highest BCUT2D eigenvalue weighted by Gasteiger charge is 2.09. The van der Waals surface area contributed by atoms with Crippen LogP contribution in [0.2, 0.25) is 0 Å². The lowest BCUT2D eigenvalue weighted by Crippen LogP contribution is -1.99. The van der Waals surface area contributed by atoms with E-state index in [-0.39, 0.29) is 5.56 Å². The van der Waals surface area contributed by atoms with Crippen molar-refractivity contribution in [3.05, 3.63) is 52.5 Å². The van der Waals surface area contributed by atoms with Gasteiger partial charge in [0.2, 0.25) is 0 Å². The van der Waals surface area contributed by atoms with E-state index in [1.807, 2.05) is 16.7 Å². The Bertz CT molecular complexity index is 508. The Morgan fingerprint density at radius 2 is 2.12 bits per heavy atom. The van der Waals surface area contributed by atoms with Gasteiger partial charge in [0.25, 0.3) is 0 Å². The molecular formula is C11H9BrN2O2. The molecule has 0 aromatic carbocycles. The highest BCUT2D eigenvalue weighted by molar-refractivity contribution is 9.10. The standard InChI is InChI=1S/C11H9BrN2O2/c12-10-5-9(11(15)16)7-14(10)6-8-1-3-13-4-2-8/h1-5,7H,6H2,(H,15,16). The highest BCUT2D eigenvalue weighted by atomic mass is 79.9. The molecule has 0 saturated heterocycles. The number of aromatic nitrogens is 2. The molecule has 0 radical (unpaired) electrons. The average molecular weight is 281 g/mol. The van der Waals surface area contributed by atoms with Gasteiger partial charge in [-0.05, 0) is 39.7 Å². The fraction of sp³-hybridized carbons (Fsp3) is 0.0909. The number of pyridine rings is 1. The van der Waals surface area contributed by atoms with Gasteiger partial charge in [0.15, 0.2) is 0 Å². The number of carboxylic acids is 1. The molecule has 2 aromatic heterocycles.